The van der Waals surface area contributed by atoms with E-state index in [0.717, 1.165) is 26.2 Å². The van der Waals surface area contributed by atoms with Crippen molar-refractivity contribution < 1.29 is 9.53 Å². The van der Waals surface area contributed by atoms with Gasteiger partial charge in [0.1, 0.15) is 17.9 Å². The summed E-state index contributed by atoms with van der Waals surface area (Å²) >= 11 is 6.16. The molecule has 0 unspecified atom stereocenters. The lowest BCUT2D eigenvalue weighted by Gasteiger charge is -2.63. The van der Waals surface area contributed by atoms with E-state index < -0.39 is 0 Å². The van der Waals surface area contributed by atoms with Crippen LogP contribution in [-0.2, 0) is 0 Å². The van der Waals surface area contributed by atoms with E-state index in [0.29, 0.717) is 27.8 Å². The molecule has 2 fully saturated rings. The van der Waals surface area contributed by atoms with Gasteiger partial charge in [-0.05, 0) is 12.1 Å². The summed E-state index contributed by atoms with van der Waals surface area (Å²) < 4.78 is 6.28. The van der Waals surface area contributed by atoms with Crippen LogP contribution in [0.1, 0.15) is 43.6 Å². The lowest BCUT2D eigenvalue weighted by molar-refractivity contribution is -0.164. The number of anilines is 1. The number of nitriles is 1. The molecule has 0 bridgehead atoms. The van der Waals surface area contributed by atoms with Gasteiger partial charge in [-0.2, -0.15) is 5.26 Å². The van der Waals surface area contributed by atoms with Gasteiger partial charge in [0.25, 0.3) is 5.91 Å². The highest BCUT2D eigenvalue weighted by molar-refractivity contribution is 6.31. The van der Waals surface area contributed by atoms with Gasteiger partial charge in [-0.1, -0.05) is 39.3 Å². The van der Waals surface area contributed by atoms with Crippen molar-refractivity contribution in [3.05, 3.63) is 46.7 Å². The number of hydrogen-bond donors (Lipinski definition) is 2. The molecule has 1 saturated carbocycles. The summed E-state index contributed by atoms with van der Waals surface area (Å²) in [5.41, 5.74) is 0.178. The van der Waals surface area contributed by atoms with Crippen molar-refractivity contribution in [2.75, 3.05) is 31.1 Å². The largest absolute Gasteiger partial charge is 0.489 e. The predicted molar refractivity (Wildman–Crippen MR) is 127 cm³/mol. The topological polar surface area (TPSA) is 103 Å². The minimum absolute atomic E-state index is 0.121. The number of rotatable bonds is 5. The van der Waals surface area contributed by atoms with Gasteiger partial charge in [-0.25, -0.2) is 9.97 Å². The summed E-state index contributed by atoms with van der Waals surface area (Å²) in [6, 6.07) is 7.00. The van der Waals surface area contributed by atoms with Crippen LogP contribution < -0.4 is 20.3 Å². The number of hydrogen-bond acceptors (Lipinski definition) is 7. The second-order valence-electron chi connectivity index (χ2n) is 9.81. The van der Waals surface area contributed by atoms with Crippen molar-refractivity contribution in [1.29, 1.82) is 5.26 Å². The number of ether oxygens (including phenoxy) is 1. The summed E-state index contributed by atoms with van der Waals surface area (Å²) in [4.78, 5) is 23.9. The quantitative estimate of drug-likeness (QED) is 0.695. The van der Waals surface area contributed by atoms with Crippen molar-refractivity contribution in [1.82, 2.24) is 20.6 Å². The minimum atomic E-state index is -0.332. The molecule has 1 aromatic heterocycles. The number of amides is 1. The van der Waals surface area contributed by atoms with Crippen molar-refractivity contribution in [3.63, 3.8) is 0 Å². The molecule has 8 nitrogen and oxygen atoms in total. The van der Waals surface area contributed by atoms with Gasteiger partial charge >= 0.3 is 0 Å². The Balaban J connectivity index is 1.43. The first-order valence-electron chi connectivity index (χ1n) is 11.1. The number of aromatic nitrogens is 2. The van der Waals surface area contributed by atoms with Crippen LogP contribution in [0.5, 0.6) is 5.75 Å². The number of carbonyl (C=O) groups excluding carboxylic acids is 1. The molecule has 2 aromatic rings. The maximum atomic E-state index is 13.0. The van der Waals surface area contributed by atoms with E-state index in [9.17, 15) is 4.79 Å². The van der Waals surface area contributed by atoms with Gasteiger partial charge in [0, 0.05) is 61.5 Å². The van der Waals surface area contributed by atoms with E-state index in [-0.39, 0.29) is 28.9 Å². The molecule has 0 atom stereocenters. The molecule has 1 aliphatic heterocycles. The molecular weight excluding hydrogens is 440 g/mol. The van der Waals surface area contributed by atoms with E-state index in [2.05, 4.69) is 59.3 Å². The molecule has 0 spiro atoms. The Morgan fingerprint density at radius 3 is 2.42 bits per heavy atom. The first-order chi connectivity index (χ1) is 15.6. The number of benzene rings is 1. The first kappa shape index (κ1) is 23.3. The van der Waals surface area contributed by atoms with Gasteiger partial charge in [-0.3, -0.25) is 4.79 Å². The third-order valence-corrected chi connectivity index (χ3v) is 7.04. The third kappa shape index (κ3) is 4.35. The van der Waals surface area contributed by atoms with Crippen molar-refractivity contribution >= 4 is 23.5 Å². The molecule has 1 aliphatic carbocycles. The smallest absolute Gasteiger partial charge is 0.254 e. The number of carbonyl (C=O) groups is 1. The molecule has 9 heteroatoms. The van der Waals surface area contributed by atoms with E-state index in [4.69, 9.17) is 21.6 Å². The fourth-order valence-corrected chi connectivity index (χ4v) is 5.49. The van der Waals surface area contributed by atoms with E-state index in [1.165, 1.54) is 0 Å². The fourth-order valence-electron chi connectivity index (χ4n) is 5.28. The average molecular weight is 469 g/mol. The molecule has 33 heavy (non-hydrogen) atoms. The summed E-state index contributed by atoms with van der Waals surface area (Å²) in [7, 11) is 0. The van der Waals surface area contributed by atoms with Crippen LogP contribution in [0.25, 0.3) is 0 Å². The van der Waals surface area contributed by atoms with Gasteiger partial charge in [0.15, 0.2) is 0 Å². The summed E-state index contributed by atoms with van der Waals surface area (Å²) in [5.74, 6) is 1.05. The van der Waals surface area contributed by atoms with E-state index >= 15 is 0 Å². The number of nitrogens with one attached hydrogen (secondary N) is 2. The van der Waals surface area contributed by atoms with Crippen LogP contribution >= 0.6 is 11.6 Å². The van der Waals surface area contributed by atoms with E-state index in [1.807, 2.05) is 0 Å². The Bertz CT molecular complexity index is 1060. The van der Waals surface area contributed by atoms with Crippen LogP contribution in [0.2, 0.25) is 5.02 Å². The van der Waals surface area contributed by atoms with Gasteiger partial charge in [0.05, 0.1) is 16.1 Å². The highest BCUT2D eigenvalue weighted by Gasteiger charge is 2.64. The molecule has 0 radical (unpaired) electrons. The zero-order valence-electron chi connectivity index (χ0n) is 19.4. The highest BCUT2D eigenvalue weighted by atomic mass is 35.5. The molecule has 174 valence electrons. The third-order valence-electron chi connectivity index (χ3n) is 6.73. The number of halogens is 1. The fraction of sp³-hybridized carbons (Fsp3) is 0.500. The molecule has 1 aromatic carbocycles. The molecule has 2 heterocycles. The Morgan fingerprint density at radius 1 is 1.21 bits per heavy atom. The summed E-state index contributed by atoms with van der Waals surface area (Å²) in [5, 5.41) is 15.9. The van der Waals surface area contributed by atoms with E-state index in [1.54, 1.807) is 30.6 Å². The normalized spacial score (nSPS) is 23.2. The SMILES string of the molecule is CC1(C)C(NC(=O)c2cnc(N3CCNCC3)nc2)C(C)(C)C1Oc1ccc(C#N)c(Cl)c1. The molecular formula is C24H29ClN6O2. The standard InChI is InChI=1S/C24H29ClN6O2/c1-23(2)20(24(3,4)21(23)33-17-6-5-15(12-26)18(25)11-17)30-19(32)16-13-28-22(29-14-16)31-9-7-27-8-10-31/h5-6,11,13-14,20-21,27H,7-10H2,1-4H3,(H,30,32). The van der Waals surface area contributed by atoms with Crippen LogP contribution in [0.4, 0.5) is 5.95 Å². The van der Waals surface area contributed by atoms with Crippen LogP contribution in [0, 0.1) is 22.2 Å². The maximum absolute atomic E-state index is 13.0. The molecule has 2 N–H and O–H groups in total. The summed E-state index contributed by atoms with van der Waals surface area (Å²) in [6.07, 6.45) is 3.02. The Kier molecular flexibility index (Phi) is 6.21. The highest BCUT2D eigenvalue weighted by Crippen LogP contribution is 2.55. The lowest BCUT2D eigenvalue weighted by atomic mass is 9.49. The maximum Gasteiger partial charge on any atom is 0.254 e. The van der Waals surface area contributed by atoms with Gasteiger partial charge < -0.3 is 20.3 Å². The minimum Gasteiger partial charge on any atom is -0.489 e. The van der Waals surface area contributed by atoms with Gasteiger partial charge in [-0.15, -0.1) is 0 Å². The first-order valence-corrected chi connectivity index (χ1v) is 11.5. The molecule has 4 rings (SSSR count). The average Bonchev–Trinajstić information content (AvgIpc) is 2.81. The number of piperazine rings is 1. The predicted octanol–water partition coefficient (Wildman–Crippen LogP) is 3.02. The lowest BCUT2D eigenvalue weighted by Crippen LogP contribution is -2.74. The molecule has 1 saturated heterocycles. The van der Waals surface area contributed by atoms with Crippen LogP contribution in [0.15, 0.2) is 30.6 Å². The monoisotopic (exact) mass is 468 g/mol. The zero-order chi connectivity index (χ0) is 23.8. The van der Waals surface area contributed by atoms with Crippen molar-refractivity contribution in [3.8, 4) is 11.8 Å². The summed E-state index contributed by atoms with van der Waals surface area (Å²) in [6.45, 7) is 11.8. The Labute approximate surface area is 199 Å². The number of nitrogens with zero attached hydrogens (tertiary/aromatic N) is 4. The van der Waals surface area contributed by atoms with Crippen molar-refractivity contribution in [2.24, 2.45) is 10.8 Å². The Hall–Kier alpha value is -2.89. The molecule has 2 aliphatic rings. The van der Waals surface area contributed by atoms with Gasteiger partial charge in [0.2, 0.25) is 5.95 Å². The Morgan fingerprint density at radius 2 is 1.85 bits per heavy atom. The van der Waals surface area contributed by atoms with Crippen LogP contribution in [0.3, 0.4) is 0 Å². The second-order valence-corrected chi connectivity index (χ2v) is 10.2. The second kappa shape index (κ2) is 8.81. The van der Waals surface area contributed by atoms with Crippen molar-refractivity contribution in [2.45, 2.75) is 39.8 Å². The molecule has 1 amide bonds. The van der Waals surface area contributed by atoms with Crippen LogP contribution in [-0.4, -0.2) is 54.2 Å². The zero-order valence-corrected chi connectivity index (χ0v) is 20.1.